The quantitative estimate of drug-likeness (QED) is 0.505. The molecule has 0 unspecified atom stereocenters. The molecular formula is C25H23ClN2O4. The van der Waals surface area contributed by atoms with E-state index in [4.69, 9.17) is 35.6 Å². The van der Waals surface area contributed by atoms with Crippen LogP contribution in [0.5, 0.6) is 23.0 Å². The predicted octanol–water partition coefficient (Wildman–Crippen LogP) is 5.61. The average molecular weight is 451 g/mol. The Hall–Kier alpha value is -3.38. The number of halogens is 1. The van der Waals surface area contributed by atoms with Gasteiger partial charge in [0, 0.05) is 28.1 Å². The number of nitrogens with zero attached hydrogens (tertiary/aromatic N) is 2. The maximum Gasteiger partial charge on any atom is 0.214 e. The summed E-state index contributed by atoms with van der Waals surface area (Å²) in [5.74, 6) is 2.82. The molecule has 6 nitrogen and oxygen atoms in total. The highest BCUT2D eigenvalue weighted by molar-refractivity contribution is 6.30. The van der Waals surface area contributed by atoms with E-state index >= 15 is 0 Å². The molecule has 0 saturated carbocycles. The standard InChI is InChI=1S/C25H23ClN2O4/c1-29-21-12-9-16(13-23(21)31-3)19-14-20-18-5-4-6-22(30-2)24(18)32-25(28(20)27-19)15-7-10-17(26)11-8-15/h4-13,20,25H,14H2,1-3H3/t20-,25+/m0/s1. The van der Waals surface area contributed by atoms with Crippen LogP contribution < -0.4 is 18.9 Å². The Morgan fingerprint density at radius 3 is 2.38 bits per heavy atom. The van der Waals surface area contributed by atoms with Crippen LogP contribution in [0.3, 0.4) is 0 Å². The summed E-state index contributed by atoms with van der Waals surface area (Å²) in [6, 6.07) is 19.5. The van der Waals surface area contributed by atoms with E-state index in [0.717, 1.165) is 34.6 Å². The van der Waals surface area contributed by atoms with E-state index in [0.29, 0.717) is 22.3 Å². The second-order valence-electron chi connectivity index (χ2n) is 7.62. The number of hydrogen-bond acceptors (Lipinski definition) is 6. The first kappa shape index (κ1) is 20.5. The van der Waals surface area contributed by atoms with Gasteiger partial charge < -0.3 is 18.9 Å². The summed E-state index contributed by atoms with van der Waals surface area (Å²) in [4.78, 5) is 0. The van der Waals surface area contributed by atoms with Gasteiger partial charge in [0.25, 0.3) is 0 Å². The predicted molar refractivity (Wildman–Crippen MR) is 123 cm³/mol. The van der Waals surface area contributed by atoms with Crippen molar-refractivity contribution in [3.63, 3.8) is 0 Å². The van der Waals surface area contributed by atoms with Gasteiger partial charge in [-0.25, -0.2) is 5.01 Å². The number of methoxy groups -OCH3 is 3. The van der Waals surface area contributed by atoms with Gasteiger partial charge in [-0.15, -0.1) is 0 Å². The zero-order chi connectivity index (χ0) is 22.2. The Bertz CT molecular complexity index is 1180. The van der Waals surface area contributed by atoms with Crippen LogP contribution >= 0.6 is 11.6 Å². The SMILES string of the molecule is COc1ccc(C2=NN3[C@@H](c4ccc(Cl)cc4)Oc4c(OC)cccc4[C@@H]3C2)cc1OC. The van der Waals surface area contributed by atoms with E-state index in [1.54, 1.807) is 21.3 Å². The van der Waals surface area contributed by atoms with Crippen LogP contribution in [0.25, 0.3) is 0 Å². The molecule has 2 atom stereocenters. The fourth-order valence-corrected chi connectivity index (χ4v) is 4.41. The molecule has 2 aliphatic rings. The number of hydrogen-bond donors (Lipinski definition) is 0. The molecule has 0 radical (unpaired) electrons. The smallest absolute Gasteiger partial charge is 0.214 e. The van der Waals surface area contributed by atoms with Gasteiger partial charge in [-0.2, -0.15) is 5.10 Å². The number of para-hydroxylation sites is 1. The lowest BCUT2D eigenvalue weighted by molar-refractivity contribution is -0.0208. The van der Waals surface area contributed by atoms with Crippen LogP contribution in [0.15, 0.2) is 65.8 Å². The van der Waals surface area contributed by atoms with Gasteiger partial charge in [0.2, 0.25) is 6.23 Å². The maximum atomic E-state index is 6.47. The number of fused-ring (bicyclic) bond motifs is 3. The van der Waals surface area contributed by atoms with Gasteiger partial charge in [-0.05, 0) is 36.4 Å². The van der Waals surface area contributed by atoms with Crippen molar-refractivity contribution in [2.75, 3.05) is 21.3 Å². The monoisotopic (exact) mass is 450 g/mol. The third-order valence-corrected chi connectivity index (χ3v) is 6.12. The minimum absolute atomic E-state index is 0.0117. The molecule has 32 heavy (non-hydrogen) atoms. The molecule has 0 saturated heterocycles. The van der Waals surface area contributed by atoms with Crippen molar-refractivity contribution >= 4 is 17.3 Å². The van der Waals surface area contributed by atoms with E-state index in [1.807, 2.05) is 59.6 Å². The number of rotatable bonds is 5. The summed E-state index contributed by atoms with van der Waals surface area (Å²) in [6.07, 6.45) is 0.321. The van der Waals surface area contributed by atoms with Gasteiger partial charge in [-0.1, -0.05) is 35.9 Å². The summed E-state index contributed by atoms with van der Waals surface area (Å²) in [7, 11) is 4.92. The second-order valence-corrected chi connectivity index (χ2v) is 8.05. The Kier molecular flexibility index (Phi) is 5.31. The Balaban J connectivity index is 1.60. The minimum Gasteiger partial charge on any atom is -0.493 e. The summed E-state index contributed by atoms with van der Waals surface area (Å²) in [5, 5.41) is 7.70. The van der Waals surface area contributed by atoms with Crippen LogP contribution in [0, 0.1) is 0 Å². The molecule has 0 bridgehead atoms. The molecule has 0 spiro atoms. The molecule has 5 rings (SSSR count). The Morgan fingerprint density at radius 2 is 1.66 bits per heavy atom. The lowest BCUT2D eigenvalue weighted by Crippen LogP contribution is -2.33. The molecule has 3 aromatic rings. The van der Waals surface area contributed by atoms with Crippen molar-refractivity contribution in [1.82, 2.24) is 5.01 Å². The summed E-state index contributed by atoms with van der Waals surface area (Å²) >= 11 is 6.12. The zero-order valence-corrected chi connectivity index (χ0v) is 18.8. The summed E-state index contributed by atoms with van der Waals surface area (Å²) < 4.78 is 22.9. The van der Waals surface area contributed by atoms with Crippen molar-refractivity contribution in [3.05, 3.63) is 82.4 Å². The summed E-state index contributed by atoms with van der Waals surface area (Å²) in [6.45, 7) is 0. The van der Waals surface area contributed by atoms with E-state index in [-0.39, 0.29) is 6.04 Å². The maximum absolute atomic E-state index is 6.47. The topological polar surface area (TPSA) is 52.5 Å². The fourth-order valence-electron chi connectivity index (χ4n) is 4.28. The van der Waals surface area contributed by atoms with E-state index in [2.05, 4.69) is 6.07 Å². The molecule has 0 aliphatic carbocycles. The third kappa shape index (κ3) is 3.41. The number of hydrazone groups is 1. The first-order chi connectivity index (χ1) is 15.6. The molecular weight excluding hydrogens is 428 g/mol. The van der Waals surface area contributed by atoms with Crippen LogP contribution in [-0.2, 0) is 0 Å². The van der Waals surface area contributed by atoms with Crippen LogP contribution in [0.2, 0.25) is 5.02 Å². The molecule has 0 aromatic heterocycles. The largest absolute Gasteiger partial charge is 0.493 e. The summed E-state index contributed by atoms with van der Waals surface area (Å²) in [5.41, 5.74) is 3.95. The van der Waals surface area contributed by atoms with Crippen molar-refractivity contribution in [1.29, 1.82) is 0 Å². The van der Waals surface area contributed by atoms with Crippen LogP contribution in [-0.4, -0.2) is 32.0 Å². The average Bonchev–Trinajstić information content (AvgIpc) is 3.29. The lowest BCUT2D eigenvalue weighted by atomic mass is 9.95. The third-order valence-electron chi connectivity index (χ3n) is 5.87. The molecule has 3 aromatic carbocycles. The molecule has 2 aliphatic heterocycles. The molecule has 164 valence electrons. The first-order valence-electron chi connectivity index (χ1n) is 10.3. The Labute approximate surface area is 191 Å². The van der Waals surface area contributed by atoms with E-state index < -0.39 is 6.23 Å². The van der Waals surface area contributed by atoms with Crippen molar-refractivity contribution < 1.29 is 18.9 Å². The van der Waals surface area contributed by atoms with Crippen molar-refractivity contribution in [2.45, 2.75) is 18.7 Å². The van der Waals surface area contributed by atoms with E-state index in [9.17, 15) is 0 Å². The van der Waals surface area contributed by atoms with Gasteiger partial charge in [0.1, 0.15) is 0 Å². The van der Waals surface area contributed by atoms with Crippen molar-refractivity contribution in [3.8, 4) is 23.0 Å². The molecule has 7 heteroatoms. The van der Waals surface area contributed by atoms with Gasteiger partial charge >= 0.3 is 0 Å². The second kappa shape index (κ2) is 8.28. The van der Waals surface area contributed by atoms with Crippen LogP contribution in [0.1, 0.15) is 35.4 Å². The van der Waals surface area contributed by atoms with Gasteiger partial charge in [-0.3, -0.25) is 0 Å². The molecule has 2 heterocycles. The molecule has 0 amide bonds. The number of ether oxygens (including phenoxy) is 4. The van der Waals surface area contributed by atoms with Crippen molar-refractivity contribution in [2.24, 2.45) is 5.10 Å². The number of benzene rings is 3. The Morgan fingerprint density at radius 1 is 0.906 bits per heavy atom. The van der Waals surface area contributed by atoms with Crippen LogP contribution in [0.4, 0.5) is 0 Å². The normalized spacial score (nSPS) is 18.9. The fraction of sp³-hybridized carbons (Fsp3) is 0.240. The lowest BCUT2D eigenvalue weighted by Gasteiger charge is -2.38. The zero-order valence-electron chi connectivity index (χ0n) is 18.0. The first-order valence-corrected chi connectivity index (χ1v) is 10.7. The minimum atomic E-state index is -0.404. The molecule has 0 fully saturated rings. The highest BCUT2D eigenvalue weighted by Crippen LogP contribution is 2.50. The van der Waals surface area contributed by atoms with E-state index in [1.165, 1.54) is 0 Å². The molecule has 0 N–H and O–H groups in total. The van der Waals surface area contributed by atoms with Gasteiger partial charge in [0.05, 0.1) is 33.1 Å². The van der Waals surface area contributed by atoms with Gasteiger partial charge in [0.15, 0.2) is 23.0 Å². The highest BCUT2D eigenvalue weighted by atomic mass is 35.5. The highest BCUT2D eigenvalue weighted by Gasteiger charge is 2.42.